The van der Waals surface area contributed by atoms with Gasteiger partial charge in [0.05, 0.1) is 0 Å². The van der Waals surface area contributed by atoms with Crippen LogP contribution in [0.3, 0.4) is 0 Å². The molecular formula is C28H25N. The summed E-state index contributed by atoms with van der Waals surface area (Å²) in [5.74, 6) is 3.61. The molecule has 0 unspecified atom stereocenters. The first-order valence-electron chi connectivity index (χ1n) is 11.5. The third-order valence-corrected chi connectivity index (χ3v) is 9.17. The number of hydrogen-bond acceptors (Lipinski definition) is 0. The number of hydrogen-bond donors (Lipinski definition) is 1. The predicted molar refractivity (Wildman–Crippen MR) is 119 cm³/mol. The molecule has 4 saturated carbocycles. The summed E-state index contributed by atoms with van der Waals surface area (Å²) in [6.45, 7) is 0. The van der Waals surface area contributed by atoms with Gasteiger partial charge in [-0.2, -0.15) is 0 Å². The van der Waals surface area contributed by atoms with Crippen molar-refractivity contribution in [2.24, 2.45) is 23.7 Å². The average molecular weight is 376 g/mol. The van der Waals surface area contributed by atoms with Gasteiger partial charge in [0, 0.05) is 27.2 Å². The Morgan fingerprint density at radius 1 is 0.655 bits per heavy atom. The fraction of sp³-hybridized carbons (Fsp3) is 0.357. The van der Waals surface area contributed by atoms with Crippen molar-refractivity contribution in [2.75, 3.05) is 0 Å². The minimum Gasteiger partial charge on any atom is -0.355 e. The molecule has 3 aromatic carbocycles. The van der Waals surface area contributed by atoms with Gasteiger partial charge in [0.2, 0.25) is 0 Å². The number of rotatable bonds is 0. The Kier molecular flexibility index (Phi) is 2.62. The van der Waals surface area contributed by atoms with E-state index >= 15 is 0 Å². The first-order chi connectivity index (χ1) is 14.3. The van der Waals surface area contributed by atoms with E-state index in [0.29, 0.717) is 0 Å². The number of benzene rings is 3. The highest BCUT2D eigenvalue weighted by Gasteiger charge is 2.62. The Bertz CT molecular complexity index is 1290. The molecule has 4 aromatic rings. The lowest BCUT2D eigenvalue weighted by molar-refractivity contribution is -0.0393. The number of nitrogens with one attached hydrogen (secondary N) is 1. The number of H-pyrrole nitrogens is 1. The Hall–Kier alpha value is -2.54. The fourth-order valence-electron chi connectivity index (χ4n) is 8.58. The molecule has 1 N–H and O–H groups in total. The zero-order valence-electron chi connectivity index (χ0n) is 16.6. The van der Waals surface area contributed by atoms with E-state index in [1.807, 2.05) is 0 Å². The highest BCUT2D eigenvalue weighted by atomic mass is 14.7. The van der Waals surface area contributed by atoms with Crippen LogP contribution in [0, 0.1) is 23.7 Å². The molecule has 5 aliphatic rings. The lowest BCUT2D eigenvalue weighted by Crippen LogP contribution is -2.55. The summed E-state index contributed by atoms with van der Waals surface area (Å²) in [6, 6.07) is 23.1. The summed E-state index contributed by atoms with van der Waals surface area (Å²) in [5, 5.41) is 2.93. The third-order valence-electron chi connectivity index (χ3n) is 9.17. The fourth-order valence-corrected chi connectivity index (χ4v) is 8.58. The van der Waals surface area contributed by atoms with E-state index < -0.39 is 0 Å². The van der Waals surface area contributed by atoms with Crippen molar-refractivity contribution in [1.29, 1.82) is 0 Å². The van der Waals surface area contributed by atoms with Gasteiger partial charge in [-0.3, -0.25) is 0 Å². The lowest BCUT2D eigenvalue weighted by Gasteiger charge is -2.61. The molecule has 9 rings (SSSR count). The van der Waals surface area contributed by atoms with Gasteiger partial charge in [0.1, 0.15) is 0 Å². The van der Waals surface area contributed by atoms with Crippen molar-refractivity contribution in [3.05, 3.63) is 71.8 Å². The van der Waals surface area contributed by atoms with E-state index in [-0.39, 0.29) is 5.41 Å². The van der Waals surface area contributed by atoms with Crippen LogP contribution in [-0.4, -0.2) is 4.98 Å². The van der Waals surface area contributed by atoms with E-state index in [0.717, 1.165) is 23.7 Å². The lowest BCUT2D eigenvalue weighted by atomic mass is 9.43. The third kappa shape index (κ3) is 1.64. The number of para-hydroxylation sites is 1. The van der Waals surface area contributed by atoms with Gasteiger partial charge in [0.25, 0.3) is 0 Å². The van der Waals surface area contributed by atoms with Crippen molar-refractivity contribution in [3.63, 3.8) is 0 Å². The minimum atomic E-state index is 0.240. The van der Waals surface area contributed by atoms with Crippen LogP contribution in [0.1, 0.15) is 43.2 Å². The van der Waals surface area contributed by atoms with E-state index in [1.54, 1.807) is 11.1 Å². The maximum absolute atomic E-state index is 3.74. The van der Waals surface area contributed by atoms with Gasteiger partial charge in [-0.1, -0.05) is 48.5 Å². The Morgan fingerprint density at radius 3 is 2.21 bits per heavy atom. The quantitative estimate of drug-likeness (QED) is 0.339. The molecule has 29 heavy (non-hydrogen) atoms. The molecule has 0 saturated heterocycles. The molecule has 0 aliphatic heterocycles. The van der Waals surface area contributed by atoms with Crippen LogP contribution in [-0.2, 0) is 5.41 Å². The van der Waals surface area contributed by atoms with E-state index in [4.69, 9.17) is 0 Å². The molecular weight excluding hydrogens is 350 g/mol. The van der Waals surface area contributed by atoms with Gasteiger partial charge in [0.15, 0.2) is 0 Å². The molecule has 1 heteroatoms. The number of fused-ring (bicyclic) bond motifs is 7. The summed E-state index contributed by atoms with van der Waals surface area (Å²) in [6.07, 6.45) is 7.28. The highest BCUT2D eigenvalue weighted by molar-refractivity contribution is 6.12. The highest BCUT2D eigenvalue weighted by Crippen LogP contribution is 2.70. The Labute approximate surface area is 171 Å². The second-order valence-corrected chi connectivity index (χ2v) is 10.3. The van der Waals surface area contributed by atoms with Crippen molar-refractivity contribution in [2.45, 2.75) is 37.5 Å². The van der Waals surface area contributed by atoms with E-state index in [9.17, 15) is 0 Å². The van der Waals surface area contributed by atoms with Crippen molar-refractivity contribution in [1.82, 2.24) is 4.98 Å². The van der Waals surface area contributed by atoms with E-state index in [1.165, 1.54) is 65.0 Å². The summed E-state index contributed by atoms with van der Waals surface area (Å²) >= 11 is 0. The monoisotopic (exact) mass is 375 g/mol. The van der Waals surface area contributed by atoms with Crippen LogP contribution in [0.5, 0.6) is 0 Å². The molecule has 4 fully saturated rings. The molecule has 1 aromatic heterocycles. The maximum Gasteiger partial charge on any atom is 0.0468 e. The normalized spacial score (nSPS) is 33.7. The van der Waals surface area contributed by atoms with Crippen LogP contribution < -0.4 is 0 Å². The van der Waals surface area contributed by atoms with Gasteiger partial charge in [-0.05, 0) is 90.2 Å². The molecule has 1 spiro atoms. The van der Waals surface area contributed by atoms with Gasteiger partial charge in [-0.25, -0.2) is 0 Å². The Balaban J connectivity index is 1.57. The molecule has 0 radical (unpaired) electrons. The van der Waals surface area contributed by atoms with Crippen LogP contribution in [0.15, 0.2) is 60.7 Å². The van der Waals surface area contributed by atoms with Crippen LogP contribution in [0.4, 0.5) is 0 Å². The van der Waals surface area contributed by atoms with Crippen LogP contribution >= 0.6 is 0 Å². The molecule has 142 valence electrons. The van der Waals surface area contributed by atoms with E-state index in [2.05, 4.69) is 65.6 Å². The summed E-state index contributed by atoms with van der Waals surface area (Å²) < 4.78 is 0. The van der Waals surface area contributed by atoms with Crippen molar-refractivity contribution >= 4 is 21.8 Å². The first kappa shape index (κ1) is 15.3. The zero-order valence-corrected chi connectivity index (χ0v) is 16.6. The van der Waals surface area contributed by atoms with Gasteiger partial charge >= 0.3 is 0 Å². The second kappa shape index (κ2) is 4.95. The van der Waals surface area contributed by atoms with Crippen molar-refractivity contribution < 1.29 is 0 Å². The molecule has 0 amide bonds. The summed E-state index contributed by atoms with van der Waals surface area (Å²) in [7, 11) is 0. The zero-order chi connectivity index (χ0) is 18.7. The molecule has 0 atom stereocenters. The Morgan fingerprint density at radius 2 is 1.38 bits per heavy atom. The molecule has 5 aliphatic carbocycles. The maximum atomic E-state index is 3.74. The minimum absolute atomic E-state index is 0.240. The van der Waals surface area contributed by atoms with Crippen LogP contribution in [0.2, 0.25) is 0 Å². The summed E-state index contributed by atoms with van der Waals surface area (Å²) in [5.41, 5.74) is 9.22. The standard InChI is InChI=1S/C28H25N/c1-3-7-23-20(5-1)21-9-10-25-26(22-6-2-4-8-24(22)29-25)27(21)28(23)18-12-16-11-17(14-18)15-19(28)13-16/h1-10,16-19,29H,11-15H2. The number of aromatic nitrogens is 1. The number of aromatic amines is 1. The smallest absolute Gasteiger partial charge is 0.0468 e. The molecule has 4 bridgehead atoms. The molecule has 1 heterocycles. The largest absolute Gasteiger partial charge is 0.355 e. The van der Waals surface area contributed by atoms with Gasteiger partial charge < -0.3 is 4.98 Å². The van der Waals surface area contributed by atoms with Crippen molar-refractivity contribution in [3.8, 4) is 11.1 Å². The SMILES string of the molecule is c1ccc2c(c1)-c1ccc3[nH]c4ccccc4c3c1C21C2CC3CC(C2)CC1C3. The predicted octanol–water partition coefficient (Wildman–Crippen LogP) is 7.04. The first-order valence-corrected chi connectivity index (χ1v) is 11.5. The summed E-state index contributed by atoms with van der Waals surface area (Å²) in [4.78, 5) is 3.74. The van der Waals surface area contributed by atoms with Gasteiger partial charge in [-0.15, -0.1) is 0 Å². The second-order valence-electron chi connectivity index (χ2n) is 10.3. The average Bonchev–Trinajstić information content (AvgIpc) is 3.25. The van der Waals surface area contributed by atoms with Crippen LogP contribution in [0.25, 0.3) is 32.9 Å². The molecule has 1 nitrogen and oxygen atoms in total. The topological polar surface area (TPSA) is 15.8 Å².